The normalized spacial score (nSPS) is 9.00. The van der Waals surface area contributed by atoms with Crippen LogP contribution in [0, 0.1) is 11.3 Å². The molecule has 0 rings (SSSR count). The van der Waals surface area contributed by atoms with E-state index in [1.54, 1.807) is 6.07 Å². The molecule has 0 amide bonds. The first-order valence-electron chi connectivity index (χ1n) is 2.14. The van der Waals surface area contributed by atoms with Gasteiger partial charge in [-0.25, -0.2) is 4.39 Å². The number of nitrogens with zero attached hydrogens (tertiary/aromatic N) is 1. The van der Waals surface area contributed by atoms with E-state index in [4.69, 9.17) is 5.26 Å². The molecule has 0 N–H and O–H groups in total. The molecule has 0 unspecified atom stereocenters. The lowest BCUT2D eigenvalue weighted by molar-refractivity contribution is 0.716. The molecule has 0 aromatic rings. The summed E-state index contributed by atoms with van der Waals surface area (Å²) in [5.74, 6) is 0. The highest BCUT2D eigenvalue weighted by Gasteiger charge is 1.82. The monoisotopic (exact) mass is 111 g/mol. The molecule has 0 heterocycles. The van der Waals surface area contributed by atoms with Crippen LogP contribution in [0.5, 0.6) is 0 Å². The van der Waals surface area contributed by atoms with Crippen LogP contribution in [0.4, 0.5) is 4.39 Å². The summed E-state index contributed by atoms with van der Waals surface area (Å²) in [6.07, 6.45) is 1.96. The summed E-state index contributed by atoms with van der Waals surface area (Å²) in [4.78, 5) is 0. The molecule has 0 aliphatic rings. The van der Waals surface area contributed by atoms with E-state index in [2.05, 4.69) is 6.58 Å². The lowest BCUT2D eigenvalue weighted by atomic mass is 10.2. The SMILES string of the molecule is C=C(C#N)CC=CF. The Bertz CT molecular complexity index is 141. The molecule has 0 aliphatic carbocycles. The van der Waals surface area contributed by atoms with Crippen molar-refractivity contribution >= 4 is 0 Å². The quantitative estimate of drug-likeness (QED) is 0.499. The minimum Gasteiger partial charge on any atom is -0.216 e. The van der Waals surface area contributed by atoms with Crippen LogP contribution in [0.3, 0.4) is 0 Å². The van der Waals surface area contributed by atoms with Crippen LogP contribution in [-0.2, 0) is 0 Å². The molecule has 0 saturated heterocycles. The van der Waals surface area contributed by atoms with Crippen LogP contribution in [0.25, 0.3) is 0 Å². The summed E-state index contributed by atoms with van der Waals surface area (Å²) in [5, 5.41) is 8.06. The van der Waals surface area contributed by atoms with Gasteiger partial charge in [0.1, 0.15) is 0 Å². The Hall–Kier alpha value is -1.10. The van der Waals surface area contributed by atoms with Crippen LogP contribution in [0.1, 0.15) is 6.42 Å². The molecule has 0 spiro atoms. The Morgan fingerprint density at radius 3 is 2.88 bits per heavy atom. The number of rotatable bonds is 2. The fourth-order valence-corrected chi connectivity index (χ4v) is 0.232. The highest BCUT2D eigenvalue weighted by Crippen LogP contribution is 1.95. The van der Waals surface area contributed by atoms with Crippen molar-refractivity contribution in [2.45, 2.75) is 6.42 Å². The molecule has 2 heteroatoms. The summed E-state index contributed by atoms with van der Waals surface area (Å²) >= 11 is 0. The molecule has 42 valence electrons. The Labute approximate surface area is 47.7 Å². The number of hydrogen-bond donors (Lipinski definition) is 0. The van der Waals surface area contributed by atoms with E-state index in [1.165, 1.54) is 6.08 Å². The maximum absolute atomic E-state index is 11.2. The van der Waals surface area contributed by atoms with Gasteiger partial charge in [-0.1, -0.05) is 12.7 Å². The van der Waals surface area contributed by atoms with E-state index < -0.39 is 0 Å². The lowest BCUT2D eigenvalue weighted by Crippen LogP contribution is -1.67. The second-order valence-electron chi connectivity index (χ2n) is 1.28. The van der Waals surface area contributed by atoms with E-state index in [-0.39, 0.29) is 0 Å². The van der Waals surface area contributed by atoms with E-state index in [0.29, 0.717) is 18.3 Å². The highest BCUT2D eigenvalue weighted by molar-refractivity contribution is 5.18. The van der Waals surface area contributed by atoms with Crippen LogP contribution in [-0.4, -0.2) is 0 Å². The van der Waals surface area contributed by atoms with Crippen molar-refractivity contribution in [2.24, 2.45) is 0 Å². The van der Waals surface area contributed by atoms with Gasteiger partial charge in [0, 0.05) is 12.0 Å². The minimum absolute atomic E-state index is 0.312. The van der Waals surface area contributed by atoms with Crippen LogP contribution in [0.2, 0.25) is 0 Å². The number of halogens is 1. The zero-order chi connectivity index (χ0) is 6.41. The molecular formula is C6H6FN. The van der Waals surface area contributed by atoms with Gasteiger partial charge in [0.2, 0.25) is 0 Å². The van der Waals surface area contributed by atoms with Gasteiger partial charge in [0.25, 0.3) is 0 Å². The average Bonchev–Trinajstić information content (AvgIpc) is 1.83. The molecule has 0 saturated carbocycles. The van der Waals surface area contributed by atoms with E-state index in [1.807, 2.05) is 0 Å². The second kappa shape index (κ2) is 4.07. The molecule has 0 aliphatic heterocycles. The summed E-state index contributed by atoms with van der Waals surface area (Å²) in [6.45, 7) is 3.33. The first kappa shape index (κ1) is 6.90. The van der Waals surface area contributed by atoms with Gasteiger partial charge < -0.3 is 0 Å². The molecule has 0 radical (unpaired) electrons. The third-order valence-corrected chi connectivity index (χ3v) is 0.611. The van der Waals surface area contributed by atoms with Gasteiger partial charge in [-0.2, -0.15) is 5.26 Å². The Morgan fingerprint density at radius 2 is 2.50 bits per heavy atom. The van der Waals surface area contributed by atoms with Crippen molar-refractivity contribution in [3.05, 3.63) is 24.6 Å². The molecule has 0 aromatic carbocycles. The smallest absolute Gasteiger partial charge is 0.0944 e. The molecule has 8 heavy (non-hydrogen) atoms. The van der Waals surface area contributed by atoms with Crippen molar-refractivity contribution in [2.75, 3.05) is 0 Å². The predicted molar refractivity (Wildman–Crippen MR) is 29.6 cm³/mol. The van der Waals surface area contributed by atoms with Crippen molar-refractivity contribution in [3.63, 3.8) is 0 Å². The van der Waals surface area contributed by atoms with E-state index >= 15 is 0 Å². The van der Waals surface area contributed by atoms with E-state index in [9.17, 15) is 4.39 Å². The first-order chi connectivity index (χ1) is 3.81. The average molecular weight is 111 g/mol. The molecule has 0 fully saturated rings. The summed E-state index contributed by atoms with van der Waals surface area (Å²) < 4.78 is 11.2. The topological polar surface area (TPSA) is 23.8 Å². The Balaban J connectivity index is 3.44. The molecule has 0 aromatic heterocycles. The fourth-order valence-electron chi connectivity index (χ4n) is 0.232. The predicted octanol–water partition coefficient (Wildman–Crippen LogP) is 1.94. The zero-order valence-electron chi connectivity index (χ0n) is 4.39. The van der Waals surface area contributed by atoms with Crippen molar-refractivity contribution in [1.82, 2.24) is 0 Å². The fraction of sp³-hybridized carbons (Fsp3) is 0.167. The first-order valence-corrected chi connectivity index (χ1v) is 2.14. The van der Waals surface area contributed by atoms with Crippen LogP contribution in [0.15, 0.2) is 24.6 Å². The van der Waals surface area contributed by atoms with Gasteiger partial charge in [0.05, 0.1) is 12.4 Å². The van der Waals surface area contributed by atoms with Crippen molar-refractivity contribution in [1.29, 1.82) is 5.26 Å². The lowest BCUT2D eigenvalue weighted by Gasteiger charge is -1.80. The second-order valence-corrected chi connectivity index (χ2v) is 1.28. The Morgan fingerprint density at radius 1 is 1.88 bits per heavy atom. The highest BCUT2D eigenvalue weighted by atomic mass is 19.1. The zero-order valence-corrected chi connectivity index (χ0v) is 4.39. The summed E-state index contributed by atoms with van der Waals surface area (Å²) in [7, 11) is 0. The van der Waals surface area contributed by atoms with Gasteiger partial charge in [-0.15, -0.1) is 0 Å². The van der Waals surface area contributed by atoms with Gasteiger partial charge in [-0.3, -0.25) is 0 Å². The molecular weight excluding hydrogens is 105 g/mol. The number of allylic oxidation sites excluding steroid dienone is 2. The third-order valence-electron chi connectivity index (χ3n) is 0.611. The van der Waals surface area contributed by atoms with Gasteiger partial charge in [-0.05, 0) is 0 Å². The molecule has 0 atom stereocenters. The maximum atomic E-state index is 11.2. The summed E-state index contributed by atoms with van der Waals surface area (Å²) in [6, 6.07) is 1.79. The van der Waals surface area contributed by atoms with Crippen LogP contribution >= 0.6 is 0 Å². The number of hydrogen-bond acceptors (Lipinski definition) is 1. The van der Waals surface area contributed by atoms with Crippen molar-refractivity contribution in [3.8, 4) is 6.07 Å². The standard InChI is InChI=1S/C6H6FN/c1-6(5-8)3-2-4-7/h2,4H,1,3H2. The number of nitriles is 1. The van der Waals surface area contributed by atoms with Gasteiger partial charge in [0.15, 0.2) is 0 Å². The van der Waals surface area contributed by atoms with Crippen LogP contribution < -0.4 is 0 Å². The Kier molecular flexibility index (Phi) is 3.51. The molecule has 0 bridgehead atoms. The maximum Gasteiger partial charge on any atom is 0.0944 e. The van der Waals surface area contributed by atoms with E-state index in [0.717, 1.165) is 0 Å². The van der Waals surface area contributed by atoms with Crippen molar-refractivity contribution < 1.29 is 4.39 Å². The third kappa shape index (κ3) is 3.10. The largest absolute Gasteiger partial charge is 0.216 e. The van der Waals surface area contributed by atoms with Gasteiger partial charge >= 0.3 is 0 Å². The molecule has 1 nitrogen and oxygen atoms in total. The summed E-state index contributed by atoms with van der Waals surface area (Å²) in [5.41, 5.74) is 0.374. The minimum atomic E-state index is 0.312.